The van der Waals surface area contributed by atoms with Gasteiger partial charge in [-0.25, -0.2) is 0 Å². The summed E-state index contributed by atoms with van der Waals surface area (Å²) >= 11 is 0. The Morgan fingerprint density at radius 2 is 0.510 bits per heavy atom. The van der Waals surface area contributed by atoms with Gasteiger partial charge >= 0.3 is 0 Å². The summed E-state index contributed by atoms with van der Waals surface area (Å²) in [4.78, 5) is 0. The van der Waals surface area contributed by atoms with Gasteiger partial charge in [-0.15, -0.1) is 0 Å². The van der Waals surface area contributed by atoms with Crippen molar-refractivity contribution in [2.24, 2.45) is 0 Å². The Morgan fingerprint density at radius 3 is 0.745 bits per heavy atom. The molecular formula is C48H83O2P. The second-order valence-electron chi connectivity index (χ2n) is 15.5. The zero-order chi connectivity index (χ0) is 36.1. The topological polar surface area (TPSA) is 18.5 Å². The largest absolute Gasteiger partial charge is 0.494 e. The standard InChI is InChI=1S/C48H83O2P/c1-3-5-7-9-11-13-15-17-19-21-23-25-27-29-31-33-43-49-45-35-39-47(40-36-45)51-48-41-37-46(38-42-48)50-44-34-32-30-28-26-24-22-20-18-16-14-12-10-8-6-4-2/h35-42,51H,3-34,43-44H2,1-2H3. The Labute approximate surface area is 320 Å². The summed E-state index contributed by atoms with van der Waals surface area (Å²) in [5.74, 6) is 2.00. The third kappa shape index (κ3) is 28.6. The lowest BCUT2D eigenvalue weighted by molar-refractivity contribution is 0.304. The highest BCUT2D eigenvalue weighted by Gasteiger charge is 2.02. The van der Waals surface area contributed by atoms with Gasteiger partial charge in [-0.2, -0.15) is 0 Å². The van der Waals surface area contributed by atoms with E-state index in [1.54, 1.807) is 0 Å². The van der Waals surface area contributed by atoms with Crippen LogP contribution in [0.2, 0.25) is 0 Å². The van der Waals surface area contributed by atoms with Crippen molar-refractivity contribution in [2.75, 3.05) is 13.2 Å². The molecule has 0 N–H and O–H groups in total. The Hall–Kier alpha value is -1.53. The lowest BCUT2D eigenvalue weighted by atomic mass is 10.0. The molecule has 2 aromatic carbocycles. The molecule has 0 bridgehead atoms. The van der Waals surface area contributed by atoms with Gasteiger partial charge in [-0.05, 0) is 47.7 Å². The van der Waals surface area contributed by atoms with Crippen LogP contribution in [0.4, 0.5) is 0 Å². The first kappa shape index (κ1) is 45.6. The van der Waals surface area contributed by atoms with E-state index in [1.807, 2.05) is 0 Å². The summed E-state index contributed by atoms with van der Waals surface area (Å²) in [6, 6.07) is 17.5. The van der Waals surface area contributed by atoms with E-state index in [4.69, 9.17) is 9.47 Å². The van der Waals surface area contributed by atoms with E-state index in [1.165, 1.54) is 203 Å². The van der Waals surface area contributed by atoms with Crippen LogP contribution in [0.5, 0.6) is 11.5 Å². The fourth-order valence-corrected chi connectivity index (χ4v) is 8.12. The highest BCUT2D eigenvalue weighted by atomic mass is 31.1. The van der Waals surface area contributed by atoms with Crippen molar-refractivity contribution < 1.29 is 9.47 Å². The van der Waals surface area contributed by atoms with E-state index in [9.17, 15) is 0 Å². The third-order valence-corrected chi connectivity index (χ3v) is 11.8. The van der Waals surface area contributed by atoms with Crippen molar-refractivity contribution in [3.8, 4) is 11.5 Å². The molecule has 2 nitrogen and oxygen atoms in total. The second kappa shape index (κ2) is 35.5. The number of unbranched alkanes of at least 4 members (excludes halogenated alkanes) is 30. The maximum absolute atomic E-state index is 6.04. The van der Waals surface area contributed by atoms with Crippen LogP contribution in [0, 0.1) is 0 Å². The molecule has 3 heteroatoms. The molecule has 0 saturated heterocycles. The lowest BCUT2D eigenvalue weighted by Gasteiger charge is -2.09. The van der Waals surface area contributed by atoms with Gasteiger partial charge in [0.2, 0.25) is 0 Å². The summed E-state index contributed by atoms with van der Waals surface area (Å²) < 4.78 is 12.1. The number of ether oxygens (including phenoxy) is 2. The average Bonchev–Trinajstić information content (AvgIpc) is 3.15. The van der Waals surface area contributed by atoms with Crippen LogP contribution in [0.3, 0.4) is 0 Å². The molecule has 0 fully saturated rings. The van der Waals surface area contributed by atoms with E-state index in [0.717, 1.165) is 37.6 Å². The van der Waals surface area contributed by atoms with Crippen LogP contribution in [0.15, 0.2) is 48.5 Å². The van der Waals surface area contributed by atoms with E-state index >= 15 is 0 Å². The van der Waals surface area contributed by atoms with Gasteiger partial charge in [0.25, 0.3) is 0 Å². The first-order valence-electron chi connectivity index (χ1n) is 22.5. The molecule has 0 amide bonds. The molecule has 0 aromatic heterocycles. The molecule has 0 heterocycles. The maximum Gasteiger partial charge on any atom is 0.119 e. The average molecular weight is 723 g/mol. The van der Waals surface area contributed by atoms with Gasteiger partial charge in [0, 0.05) is 0 Å². The van der Waals surface area contributed by atoms with Crippen LogP contribution in [-0.4, -0.2) is 13.2 Å². The van der Waals surface area contributed by atoms with E-state index < -0.39 is 0 Å². The predicted molar refractivity (Wildman–Crippen MR) is 231 cm³/mol. The Kier molecular flexibility index (Phi) is 31.8. The van der Waals surface area contributed by atoms with Crippen LogP contribution < -0.4 is 20.1 Å². The van der Waals surface area contributed by atoms with Gasteiger partial charge in [0.15, 0.2) is 0 Å². The highest BCUT2D eigenvalue weighted by Crippen LogP contribution is 2.19. The SMILES string of the molecule is CCCCCCCCCCCCCCCCCCOc1ccc(Pc2ccc(OCCCCCCCCCCCCCCCCCC)cc2)cc1. The summed E-state index contributed by atoms with van der Waals surface area (Å²) in [5.41, 5.74) is 0. The summed E-state index contributed by atoms with van der Waals surface area (Å²) in [7, 11) is 0.659. The number of hydrogen-bond donors (Lipinski definition) is 0. The third-order valence-electron chi connectivity index (χ3n) is 10.5. The highest BCUT2D eigenvalue weighted by molar-refractivity contribution is 7.55. The van der Waals surface area contributed by atoms with Crippen LogP contribution in [0.1, 0.15) is 219 Å². The van der Waals surface area contributed by atoms with Crippen molar-refractivity contribution >= 4 is 19.2 Å². The van der Waals surface area contributed by atoms with Crippen LogP contribution in [-0.2, 0) is 0 Å². The molecule has 0 spiro atoms. The van der Waals surface area contributed by atoms with Gasteiger partial charge in [-0.3, -0.25) is 0 Å². The fraction of sp³-hybridized carbons (Fsp3) is 0.750. The molecule has 292 valence electrons. The minimum absolute atomic E-state index is 0.659. The minimum atomic E-state index is 0.659. The van der Waals surface area contributed by atoms with E-state index in [-0.39, 0.29) is 0 Å². The van der Waals surface area contributed by atoms with Crippen molar-refractivity contribution in [1.82, 2.24) is 0 Å². The van der Waals surface area contributed by atoms with Crippen molar-refractivity contribution in [1.29, 1.82) is 0 Å². The van der Waals surface area contributed by atoms with Crippen molar-refractivity contribution in [2.45, 2.75) is 219 Å². The Bertz CT molecular complexity index is 892. The minimum Gasteiger partial charge on any atom is -0.494 e. The van der Waals surface area contributed by atoms with Crippen LogP contribution in [0.25, 0.3) is 0 Å². The first-order valence-corrected chi connectivity index (χ1v) is 23.5. The molecule has 2 aromatic rings. The summed E-state index contributed by atoms with van der Waals surface area (Å²) in [6.45, 7) is 6.27. The molecule has 0 unspecified atom stereocenters. The van der Waals surface area contributed by atoms with Gasteiger partial charge in [0.1, 0.15) is 11.5 Å². The molecular weight excluding hydrogens is 640 g/mol. The lowest BCUT2D eigenvalue weighted by Crippen LogP contribution is -2.04. The smallest absolute Gasteiger partial charge is 0.119 e. The monoisotopic (exact) mass is 723 g/mol. The Morgan fingerprint density at radius 1 is 0.294 bits per heavy atom. The van der Waals surface area contributed by atoms with Crippen LogP contribution >= 0.6 is 8.58 Å². The Balaban J connectivity index is 1.36. The zero-order valence-corrected chi connectivity index (χ0v) is 35.0. The molecule has 0 saturated carbocycles. The van der Waals surface area contributed by atoms with Gasteiger partial charge in [-0.1, -0.05) is 239 Å². The molecule has 0 aliphatic heterocycles. The fourth-order valence-electron chi connectivity index (χ4n) is 7.12. The second-order valence-corrected chi connectivity index (χ2v) is 16.9. The first-order chi connectivity index (χ1) is 25.3. The number of rotatable bonds is 38. The summed E-state index contributed by atoms with van der Waals surface area (Å²) in [5, 5.41) is 2.71. The van der Waals surface area contributed by atoms with Gasteiger partial charge in [0.05, 0.1) is 13.2 Å². The maximum atomic E-state index is 6.04. The normalized spacial score (nSPS) is 11.3. The predicted octanol–water partition coefficient (Wildman–Crippen LogP) is 15.6. The molecule has 0 aliphatic carbocycles. The molecule has 0 atom stereocenters. The van der Waals surface area contributed by atoms with E-state index in [2.05, 4.69) is 62.4 Å². The van der Waals surface area contributed by atoms with Crippen molar-refractivity contribution in [3.63, 3.8) is 0 Å². The van der Waals surface area contributed by atoms with E-state index in [0.29, 0.717) is 8.58 Å². The molecule has 2 rings (SSSR count). The number of hydrogen-bond acceptors (Lipinski definition) is 2. The molecule has 0 radical (unpaired) electrons. The van der Waals surface area contributed by atoms with Gasteiger partial charge < -0.3 is 9.47 Å². The summed E-state index contributed by atoms with van der Waals surface area (Å²) in [6.07, 6.45) is 44.9. The zero-order valence-electron chi connectivity index (χ0n) is 34.0. The molecule has 51 heavy (non-hydrogen) atoms. The molecule has 0 aliphatic rings. The van der Waals surface area contributed by atoms with Crippen molar-refractivity contribution in [3.05, 3.63) is 48.5 Å². The quantitative estimate of drug-likeness (QED) is 0.0507. The number of benzene rings is 2.